The van der Waals surface area contributed by atoms with Crippen LogP contribution in [0.5, 0.6) is 0 Å². The summed E-state index contributed by atoms with van der Waals surface area (Å²) in [5.74, 6) is -0.0586. The van der Waals surface area contributed by atoms with Crippen LogP contribution >= 0.6 is 0 Å². The number of carboxylic acid groups (broad SMARTS) is 1. The fourth-order valence-electron chi connectivity index (χ4n) is 2.08. The number of ether oxygens (including phenoxy) is 1. The lowest BCUT2D eigenvalue weighted by molar-refractivity contribution is -0.137. The molecule has 1 atom stereocenters. The monoisotopic (exact) mass is 262 g/mol. The number of carbonyl (C=O) groups is 1. The van der Waals surface area contributed by atoms with Gasteiger partial charge < -0.3 is 14.4 Å². The number of hydrogen-bond acceptors (Lipinski definition) is 3. The van der Waals surface area contributed by atoms with E-state index in [1.807, 2.05) is 31.2 Å². The van der Waals surface area contributed by atoms with Gasteiger partial charge in [-0.3, -0.25) is 4.79 Å². The minimum absolute atomic E-state index is 0.0583. The molecule has 102 valence electrons. The lowest BCUT2D eigenvalue weighted by Gasteiger charge is -2.10. The Balaban J connectivity index is 2.32. The summed E-state index contributed by atoms with van der Waals surface area (Å²) < 4.78 is 6.98. The van der Waals surface area contributed by atoms with Crippen molar-refractivity contribution in [3.05, 3.63) is 30.1 Å². The number of methoxy groups -OCH3 is 1. The first-order valence-electron chi connectivity index (χ1n) is 6.30. The molecule has 0 aliphatic carbocycles. The van der Waals surface area contributed by atoms with Gasteiger partial charge >= 0.3 is 5.97 Å². The van der Waals surface area contributed by atoms with Gasteiger partial charge in [0.25, 0.3) is 0 Å². The Morgan fingerprint density at radius 2 is 2.21 bits per heavy atom. The summed E-state index contributed by atoms with van der Waals surface area (Å²) in [6, 6.07) is 7.59. The van der Waals surface area contributed by atoms with Crippen LogP contribution in [0.2, 0.25) is 0 Å². The Hall–Kier alpha value is -1.88. The first kappa shape index (κ1) is 13.5. The molecule has 0 radical (unpaired) electrons. The van der Waals surface area contributed by atoms with Gasteiger partial charge in [-0.15, -0.1) is 0 Å². The molecule has 0 aliphatic heterocycles. The topological polar surface area (TPSA) is 64.4 Å². The maximum atomic E-state index is 11.0. The molecule has 1 N–H and O–H groups in total. The fourth-order valence-corrected chi connectivity index (χ4v) is 2.08. The number of hydrogen-bond donors (Lipinski definition) is 1. The molecule has 0 saturated heterocycles. The molecule has 19 heavy (non-hydrogen) atoms. The van der Waals surface area contributed by atoms with Crippen molar-refractivity contribution >= 4 is 17.0 Å². The maximum Gasteiger partial charge on any atom is 0.323 e. The number of imidazole rings is 1. The molecule has 1 heterocycles. The maximum absolute atomic E-state index is 11.0. The Labute approximate surface area is 111 Å². The first-order chi connectivity index (χ1) is 9.11. The Bertz CT molecular complexity index is 577. The molecule has 2 aromatic rings. The third-order valence-electron chi connectivity index (χ3n) is 3.20. The number of para-hydroxylation sites is 2. The average molecular weight is 262 g/mol. The molecule has 0 fully saturated rings. The summed E-state index contributed by atoms with van der Waals surface area (Å²) in [5.41, 5.74) is 1.70. The van der Waals surface area contributed by atoms with Crippen molar-refractivity contribution in [2.75, 3.05) is 7.11 Å². The normalized spacial score (nSPS) is 12.7. The highest BCUT2D eigenvalue weighted by Gasteiger charge is 2.13. The molecule has 0 saturated carbocycles. The minimum atomic E-state index is -0.857. The zero-order valence-corrected chi connectivity index (χ0v) is 11.2. The number of aliphatic carboxylic acids is 1. The van der Waals surface area contributed by atoms with E-state index in [1.165, 1.54) is 0 Å². The van der Waals surface area contributed by atoms with Crippen LogP contribution in [-0.4, -0.2) is 33.8 Å². The van der Waals surface area contributed by atoms with Crippen molar-refractivity contribution in [1.82, 2.24) is 9.55 Å². The first-order valence-corrected chi connectivity index (χ1v) is 6.30. The number of aryl methyl sites for hydroxylation is 1. The SMILES string of the molecule is COC(C)CCc1nc2ccccc2n1CC(=O)O. The van der Waals surface area contributed by atoms with E-state index in [9.17, 15) is 4.79 Å². The molecule has 1 aromatic heterocycles. The van der Waals surface area contributed by atoms with Gasteiger partial charge in [-0.25, -0.2) is 4.98 Å². The van der Waals surface area contributed by atoms with Gasteiger partial charge in [0.15, 0.2) is 0 Å². The van der Waals surface area contributed by atoms with Crippen molar-refractivity contribution in [3.63, 3.8) is 0 Å². The Morgan fingerprint density at radius 1 is 1.47 bits per heavy atom. The average Bonchev–Trinajstić information content (AvgIpc) is 2.74. The van der Waals surface area contributed by atoms with E-state index < -0.39 is 5.97 Å². The van der Waals surface area contributed by atoms with Crippen LogP contribution in [0.15, 0.2) is 24.3 Å². The van der Waals surface area contributed by atoms with Gasteiger partial charge in [0, 0.05) is 13.5 Å². The van der Waals surface area contributed by atoms with Crippen molar-refractivity contribution in [3.8, 4) is 0 Å². The summed E-state index contributed by atoms with van der Waals surface area (Å²) in [6.07, 6.45) is 1.66. The van der Waals surface area contributed by atoms with Crippen LogP contribution in [0.3, 0.4) is 0 Å². The molecule has 1 aromatic carbocycles. The highest BCUT2D eigenvalue weighted by atomic mass is 16.5. The van der Waals surface area contributed by atoms with Gasteiger partial charge in [-0.1, -0.05) is 12.1 Å². The molecular formula is C14H18N2O3. The quantitative estimate of drug-likeness (QED) is 0.865. The third-order valence-corrected chi connectivity index (χ3v) is 3.20. The van der Waals surface area contributed by atoms with Crippen molar-refractivity contribution in [1.29, 1.82) is 0 Å². The van der Waals surface area contributed by atoms with Crippen LogP contribution < -0.4 is 0 Å². The third kappa shape index (κ3) is 3.12. The van der Waals surface area contributed by atoms with Crippen LogP contribution in [-0.2, 0) is 22.5 Å². The second-order valence-corrected chi connectivity index (χ2v) is 4.58. The largest absolute Gasteiger partial charge is 0.480 e. The number of fused-ring (bicyclic) bond motifs is 1. The summed E-state index contributed by atoms with van der Waals surface area (Å²) in [7, 11) is 1.67. The molecule has 0 bridgehead atoms. The summed E-state index contributed by atoms with van der Waals surface area (Å²) in [4.78, 5) is 15.5. The molecule has 5 heteroatoms. The smallest absolute Gasteiger partial charge is 0.323 e. The second-order valence-electron chi connectivity index (χ2n) is 4.58. The lowest BCUT2D eigenvalue weighted by Crippen LogP contribution is -2.14. The zero-order chi connectivity index (χ0) is 13.8. The van der Waals surface area contributed by atoms with Gasteiger partial charge in [-0.05, 0) is 25.5 Å². The molecule has 0 spiro atoms. The number of nitrogens with zero attached hydrogens (tertiary/aromatic N) is 2. The Morgan fingerprint density at radius 3 is 2.89 bits per heavy atom. The second kappa shape index (κ2) is 5.84. The number of aromatic nitrogens is 2. The standard InChI is InChI=1S/C14H18N2O3/c1-10(19-2)7-8-13-15-11-5-3-4-6-12(11)16(13)9-14(17)18/h3-6,10H,7-9H2,1-2H3,(H,17,18). The van der Waals surface area contributed by atoms with Crippen LogP contribution in [0.25, 0.3) is 11.0 Å². The van der Waals surface area contributed by atoms with Gasteiger partial charge in [0.1, 0.15) is 12.4 Å². The predicted molar refractivity (Wildman–Crippen MR) is 72.2 cm³/mol. The number of rotatable bonds is 6. The highest BCUT2D eigenvalue weighted by molar-refractivity contribution is 5.78. The van der Waals surface area contributed by atoms with Crippen molar-refractivity contribution in [2.45, 2.75) is 32.4 Å². The highest BCUT2D eigenvalue weighted by Crippen LogP contribution is 2.17. The van der Waals surface area contributed by atoms with Crippen LogP contribution in [0, 0.1) is 0 Å². The number of carboxylic acids is 1. The fraction of sp³-hybridized carbons (Fsp3) is 0.429. The van der Waals surface area contributed by atoms with Crippen LogP contribution in [0.4, 0.5) is 0 Å². The van der Waals surface area contributed by atoms with Gasteiger partial charge in [0.2, 0.25) is 0 Å². The van der Waals surface area contributed by atoms with E-state index in [1.54, 1.807) is 11.7 Å². The van der Waals surface area contributed by atoms with Crippen LogP contribution in [0.1, 0.15) is 19.2 Å². The number of benzene rings is 1. The summed E-state index contributed by atoms with van der Waals surface area (Å²) in [5, 5.41) is 9.02. The van der Waals surface area contributed by atoms with Crippen molar-refractivity contribution < 1.29 is 14.6 Å². The zero-order valence-electron chi connectivity index (χ0n) is 11.2. The van der Waals surface area contributed by atoms with Gasteiger partial charge in [0.05, 0.1) is 17.1 Å². The van der Waals surface area contributed by atoms with E-state index in [2.05, 4.69) is 4.98 Å². The van der Waals surface area contributed by atoms with E-state index in [0.29, 0.717) is 6.42 Å². The van der Waals surface area contributed by atoms with E-state index in [-0.39, 0.29) is 12.6 Å². The van der Waals surface area contributed by atoms with E-state index in [0.717, 1.165) is 23.3 Å². The molecular weight excluding hydrogens is 244 g/mol. The van der Waals surface area contributed by atoms with E-state index in [4.69, 9.17) is 9.84 Å². The molecule has 2 rings (SSSR count). The summed E-state index contributed by atoms with van der Waals surface area (Å²) in [6.45, 7) is 1.93. The van der Waals surface area contributed by atoms with E-state index >= 15 is 0 Å². The van der Waals surface area contributed by atoms with Gasteiger partial charge in [-0.2, -0.15) is 0 Å². The molecule has 5 nitrogen and oxygen atoms in total. The lowest BCUT2D eigenvalue weighted by atomic mass is 10.2. The Kier molecular flexibility index (Phi) is 4.16. The predicted octanol–water partition coefficient (Wildman–Crippen LogP) is 2.09. The molecule has 0 aliphatic rings. The minimum Gasteiger partial charge on any atom is -0.480 e. The molecule has 0 amide bonds. The van der Waals surface area contributed by atoms with Crippen molar-refractivity contribution in [2.24, 2.45) is 0 Å². The molecule has 1 unspecified atom stereocenters. The summed E-state index contributed by atoms with van der Waals surface area (Å²) >= 11 is 0.